The first kappa shape index (κ1) is 24.8. The van der Waals surface area contributed by atoms with Crippen molar-refractivity contribution in [2.75, 3.05) is 5.32 Å². The van der Waals surface area contributed by atoms with E-state index in [2.05, 4.69) is 69.7 Å². The minimum Gasteiger partial charge on any atom is -0.480 e. The first-order valence-corrected chi connectivity index (χ1v) is 13.7. The molecule has 0 amide bonds. The van der Waals surface area contributed by atoms with E-state index in [1.165, 1.54) is 11.2 Å². The number of aryl methyl sites for hydroxylation is 1. The number of imidazole rings is 1. The average molecular weight is 534 g/mol. The predicted octanol–water partition coefficient (Wildman–Crippen LogP) is 6.43. The van der Waals surface area contributed by atoms with Gasteiger partial charge < -0.3 is 15.0 Å². The van der Waals surface area contributed by atoms with Gasteiger partial charge in [-0.25, -0.2) is 19.7 Å². The fourth-order valence-electron chi connectivity index (χ4n) is 5.03. The van der Waals surface area contributed by atoms with E-state index in [9.17, 15) is 9.90 Å². The maximum atomic E-state index is 12.4. The van der Waals surface area contributed by atoms with Gasteiger partial charge in [0.25, 0.3) is 0 Å². The highest BCUT2D eigenvalue weighted by atomic mass is 32.1. The van der Waals surface area contributed by atoms with Crippen LogP contribution < -0.4 is 5.32 Å². The number of nitrogens with zero attached hydrogens (tertiary/aromatic N) is 4. The third kappa shape index (κ3) is 4.98. The molecule has 194 valence electrons. The van der Waals surface area contributed by atoms with Crippen molar-refractivity contribution in [2.24, 2.45) is 0 Å². The van der Waals surface area contributed by atoms with Gasteiger partial charge in [0, 0.05) is 29.6 Å². The van der Waals surface area contributed by atoms with Gasteiger partial charge in [0.15, 0.2) is 0 Å². The SMILES string of the molecule is CCc1sc2ncnc(NC(Cc3cn(Cc4ccccc4)cn3)C(=O)O)c2c1-c1cccc2ccccc12. The highest BCUT2D eigenvalue weighted by Gasteiger charge is 2.24. The van der Waals surface area contributed by atoms with Crippen LogP contribution in [0.4, 0.5) is 5.82 Å². The van der Waals surface area contributed by atoms with E-state index in [1.807, 2.05) is 41.1 Å². The largest absolute Gasteiger partial charge is 0.480 e. The van der Waals surface area contributed by atoms with Crippen LogP contribution in [-0.4, -0.2) is 36.6 Å². The summed E-state index contributed by atoms with van der Waals surface area (Å²) < 4.78 is 1.97. The Hall–Kier alpha value is -4.56. The minimum atomic E-state index is -0.961. The monoisotopic (exact) mass is 533 g/mol. The van der Waals surface area contributed by atoms with Crippen LogP contribution in [0.3, 0.4) is 0 Å². The van der Waals surface area contributed by atoms with Crippen LogP contribution in [0, 0.1) is 0 Å². The second kappa shape index (κ2) is 10.7. The van der Waals surface area contributed by atoms with E-state index < -0.39 is 12.0 Å². The molecule has 0 saturated heterocycles. The summed E-state index contributed by atoms with van der Waals surface area (Å²) in [5, 5.41) is 16.5. The Morgan fingerprint density at radius 2 is 1.79 bits per heavy atom. The van der Waals surface area contributed by atoms with Crippen molar-refractivity contribution in [3.63, 3.8) is 0 Å². The fraction of sp³-hybridized carbons (Fsp3) is 0.161. The third-order valence-electron chi connectivity index (χ3n) is 6.86. The first-order valence-electron chi connectivity index (χ1n) is 12.9. The summed E-state index contributed by atoms with van der Waals surface area (Å²) in [5.41, 5.74) is 4.02. The lowest BCUT2D eigenvalue weighted by molar-refractivity contribution is -0.137. The first-order chi connectivity index (χ1) is 19.1. The highest BCUT2D eigenvalue weighted by Crippen LogP contribution is 2.43. The molecule has 3 aromatic carbocycles. The normalized spacial score (nSPS) is 12.1. The van der Waals surface area contributed by atoms with Gasteiger partial charge in [0.1, 0.15) is 23.0 Å². The number of carboxylic acid groups (broad SMARTS) is 1. The zero-order chi connectivity index (χ0) is 26.8. The summed E-state index contributed by atoms with van der Waals surface area (Å²) in [7, 11) is 0. The molecule has 39 heavy (non-hydrogen) atoms. The number of carboxylic acids is 1. The van der Waals surface area contributed by atoms with Crippen molar-refractivity contribution in [3.05, 3.63) is 108 Å². The number of thiophene rings is 1. The van der Waals surface area contributed by atoms with Crippen LogP contribution >= 0.6 is 11.3 Å². The van der Waals surface area contributed by atoms with E-state index in [-0.39, 0.29) is 6.42 Å². The number of hydrogen-bond acceptors (Lipinski definition) is 6. The smallest absolute Gasteiger partial charge is 0.326 e. The van der Waals surface area contributed by atoms with Gasteiger partial charge in [-0.15, -0.1) is 11.3 Å². The highest BCUT2D eigenvalue weighted by molar-refractivity contribution is 7.19. The van der Waals surface area contributed by atoms with E-state index in [0.29, 0.717) is 18.1 Å². The van der Waals surface area contributed by atoms with Gasteiger partial charge in [0.05, 0.1) is 17.4 Å². The number of aliphatic carboxylic acids is 1. The van der Waals surface area contributed by atoms with Crippen LogP contribution in [0.2, 0.25) is 0 Å². The maximum absolute atomic E-state index is 12.4. The number of rotatable bonds is 9. The van der Waals surface area contributed by atoms with Crippen molar-refractivity contribution in [2.45, 2.75) is 32.4 Å². The molecule has 0 aliphatic heterocycles. The number of benzene rings is 3. The number of anilines is 1. The zero-order valence-corrected chi connectivity index (χ0v) is 22.2. The Bertz CT molecular complexity index is 1770. The summed E-state index contributed by atoms with van der Waals surface area (Å²) in [6, 6.07) is 23.8. The summed E-state index contributed by atoms with van der Waals surface area (Å²) >= 11 is 1.63. The zero-order valence-electron chi connectivity index (χ0n) is 21.4. The molecule has 8 heteroatoms. The number of hydrogen-bond donors (Lipinski definition) is 2. The number of aromatic nitrogens is 4. The topological polar surface area (TPSA) is 92.9 Å². The lowest BCUT2D eigenvalue weighted by Crippen LogP contribution is -2.32. The Balaban J connectivity index is 1.36. The van der Waals surface area contributed by atoms with Crippen molar-refractivity contribution in [1.29, 1.82) is 0 Å². The molecule has 0 radical (unpaired) electrons. The van der Waals surface area contributed by atoms with Gasteiger partial charge in [-0.3, -0.25) is 0 Å². The van der Waals surface area contributed by atoms with Gasteiger partial charge in [-0.05, 0) is 28.3 Å². The molecule has 0 spiro atoms. The molecule has 0 fully saturated rings. The van der Waals surface area contributed by atoms with Gasteiger partial charge >= 0.3 is 5.97 Å². The molecule has 2 N–H and O–H groups in total. The molecule has 6 rings (SSSR count). The third-order valence-corrected chi connectivity index (χ3v) is 8.10. The molecular formula is C31H27N5O2S. The van der Waals surface area contributed by atoms with Crippen LogP contribution in [0.1, 0.15) is 23.1 Å². The summed E-state index contributed by atoms with van der Waals surface area (Å²) in [6.45, 7) is 2.81. The van der Waals surface area contributed by atoms with Gasteiger partial charge in [0.2, 0.25) is 0 Å². The Morgan fingerprint density at radius 1 is 1.00 bits per heavy atom. The summed E-state index contributed by atoms with van der Waals surface area (Å²) in [5.74, 6) is -0.438. The molecule has 0 bridgehead atoms. The van der Waals surface area contributed by atoms with E-state index >= 15 is 0 Å². The maximum Gasteiger partial charge on any atom is 0.326 e. The number of nitrogens with one attached hydrogen (secondary N) is 1. The van der Waals surface area contributed by atoms with Crippen molar-refractivity contribution in [3.8, 4) is 11.1 Å². The Labute approximate surface area is 229 Å². The van der Waals surface area contributed by atoms with Gasteiger partial charge in [-0.2, -0.15) is 0 Å². The van der Waals surface area contributed by atoms with E-state index in [4.69, 9.17) is 0 Å². The molecular weight excluding hydrogens is 506 g/mol. The molecule has 7 nitrogen and oxygen atoms in total. The van der Waals surface area contributed by atoms with Crippen molar-refractivity contribution >= 4 is 44.1 Å². The summed E-state index contributed by atoms with van der Waals surface area (Å²) in [6.07, 6.45) is 6.20. The van der Waals surface area contributed by atoms with Crippen LogP contribution in [0.5, 0.6) is 0 Å². The van der Waals surface area contributed by atoms with Gasteiger partial charge in [-0.1, -0.05) is 79.7 Å². The summed E-state index contributed by atoms with van der Waals surface area (Å²) in [4.78, 5) is 28.0. The van der Waals surface area contributed by atoms with Crippen LogP contribution in [-0.2, 0) is 24.2 Å². The second-order valence-electron chi connectivity index (χ2n) is 9.45. The number of carbonyl (C=O) groups is 1. The lowest BCUT2D eigenvalue weighted by atomic mass is 9.96. The molecule has 0 aliphatic rings. The fourth-order valence-corrected chi connectivity index (χ4v) is 6.13. The molecule has 1 unspecified atom stereocenters. The Morgan fingerprint density at radius 3 is 2.62 bits per heavy atom. The van der Waals surface area contributed by atoms with Crippen molar-refractivity contribution in [1.82, 2.24) is 19.5 Å². The standard InChI is InChI=1S/C31H27N5O2S/c1-2-26-27(24-14-8-12-21-11-6-7-13-23(21)24)28-29(32-18-33-30(28)39-26)35-25(31(37)38)15-22-17-36(19-34-22)16-20-9-4-3-5-10-20/h3-14,17-19,25H,2,15-16H2,1H3,(H,37,38)(H,32,33,35). The van der Waals surface area contributed by atoms with E-state index in [0.717, 1.165) is 44.1 Å². The lowest BCUT2D eigenvalue weighted by Gasteiger charge is -2.16. The molecule has 0 saturated carbocycles. The molecule has 0 aliphatic carbocycles. The molecule has 3 heterocycles. The van der Waals surface area contributed by atoms with Crippen LogP contribution in [0.25, 0.3) is 32.1 Å². The molecule has 6 aromatic rings. The van der Waals surface area contributed by atoms with E-state index in [1.54, 1.807) is 17.7 Å². The van der Waals surface area contributed by atoms with Crippen LogP contribution in [0.15, 0.2) is 91.6 Å². The molecule has 3 aromatic heterocycles. The predicted molar refractivity (Wildman–Crippen MR) is 156 cm³/mol. The van der Waals surface area contributed by atoms with Crippen molar-refractivity contribution < 1.29 is 9.90 Å². The molecule has 1 atom stereocenters. The quantitative estimate of drug-likeness (QED) is 0.223. The number of fused-ring (bicyclic) bond motifs is 2. The Kier molecular flexibility index (Phi) is 6.77. The average Bonchev–Trinajstić information content (AvgIpc) is 3.57. The second-order valence-corrected chi connectivity index (χ2v) is 10.5. The minimum absolute atomic E-state index is 0.219.